The number of anilines is 1. The first kappa shape index (κ1) is 24.5. The monoisotopic (exact) mass is 518 g/mol. The smallest absolute Gasteiger partial charge is 0.301 e. The predicted molar refractivity (Wildman–Crippen MR) is 140 cm³/mol. The van der Waals surface area contributed by atoms with Gasteiger partial charge >= 0.3 is 5.91 Å². The van der Waals surface area contributed by atoms with E-state index in [0.717, 1.165) is 16.7 Å². The number of ether oxygens (including phenoxy) is 2. The molecule has 1 fully saturated rings. The lowest BCUT2D eigenvalue weighted by atomic mass is 9.95. The number of hydrogen-bond donors (Lipinski definition) is 1. The molecule has 0 bridgehead atoms. The van der Waals surface area contributed by atoms with Crippen LogP contribution in [0.15, 0.2) is 66.2 Å². The number of amides is 1. The van der Waals surface area contributed by atoms with Crippen molar-refractivity contribution in [1.82, 2.24) is 4.98 Å². The number of aryl methyl sites for hydroxylation is 1. The SMILES string of the molecule is CCc1ccc2nc(N3C(=O)C(=O)/C(=C(/O)c4ccc(F)cc4)[C@H]3c3ccc(OC)c(OC)c3)sc2c1. The number of Topliss-reactive ketones (excluding diaryl/α,β-unsaturated/α-hetero) is 1. The standard InChI is InChI=1S/C28H23FN2O5S/c1-4-15-5-11-19-22(13-15)37-28(30-19)31-24(17-8-12-20(35-2)21(14-17)36-3)23(26(33)27(31)34)25(32)16-6-9-18(29)10-7-16/h5-14,24,32H,4H2,1-3H3/b25-23+/t24-/m1/s1. The normalized spacial score (nSPS) is 17.0. The van der Waals surface area contributed by atoms with Crippen molar-refractivity contribution in [2.45, 2.75) is 19.4 Å². The van der Waals surface area contributed by atoms with Gasteiger partial charge < -0.3 is 14.6 Å². The van der Waals surface area contributed by atoms with Crippen LogP contribution in [0, 0.1) is 5.82 Å². The predicted octanol–water partition coefficient (Wildman–Crippen LogP) is 5.64. The Balaban J connectivity index is 1.73. The van der Waals surface area contributed by atoms with Gasteiger partial charge in [-0.1, -0.05) is 30.4 Å². The van der Waals surface area contributed by atoms with Gasteiger partial charge in [-0.15, -0.1) is 0 Å². The van der Waals surface area contributed by atoms with Gasteiger partial charge in [-0.05, 0) is 66.1 Å². The highest BCUT2D eigenvalue weighted by Gasteiger charge is 2.48. The number of methoxy groups -OCH3 is 2. The van der Waals surface area contributed by atoms with Crippen LogP contribution in [0.25, 0.3) is 16.0 Å². The van der Waals surface area contributed by atoms with E-state index in [4.69, 9.17) is 9.47 Å². The van der Waals surface area contributed by atoms with E-state index in [2.05, 4.69) is 4.98 Å². The van der Waals surface area contributed by atoms with E-state index in [0.29, 0.717) is 27.7 Å². The van der Waals surface area contributed by atoms with Crippen LogP contribution in [-0.2, 0) is 16.0 Å². The molecule has 0 spiro atoms. The fraction of sp³-hybridized carbons (Fsp3) is 0.179. The Hall–Kier alpha value is -4.24. The third-order valence-electron chi connectivity index (χ3n) is 6.34. The third-order valence-corrected chi connectivity index (χ3v) is 7.36. The van der Waals surface area contributed by atoms with E-state index in [9.17, 15) is 19.1 Å². The Morgan fingerprint density at radius 3 is 2.43 bits per heavy atom. The highest BCUT2D eigenvalue weighted by molar-refractivity contribution is 7.22. The molecule has 9 heteroatoms. The average Bonchev–Trinajstić information content (AvgIpc) is 3.45. The van der Waals surface area contributed by atoms with Crippen molar-refractivity contribution >= 4 is 44.1 Å². The van der Waals surface area contributed by atoms with E-state index in [1.165, 1.54) is 54.7 Å². The first-order valence-electron chi connectivity index (χ1n) is 11.5. The number of hydrogen-bond acceptors (Lipinski definition) is 7. The molecule has 0 radical (unpaired) electrons. The fourth-order valence-electron chi connectivity index (χ4n) is 4.41. The first-order valence-corrected chi connectivity index (χ1v) is 12.4. The number of aliphatic hydroxyl groups excluding tert-OH is 1. The largest absolute Gasteiger partial charge is 0.507 e. The molecule has 1 saturated heterocycles. The molecular formula is C28H23FN2O5S. The zero-order chi connectivity index (χ0) is 26.3. The lowest BCUT2D eigenvalue weighted by Gasteiger charge is -2.23. The average molecular weight is 519 g/mol. The van der Waals surface area contributed by atoms with E-state index in [1.807, 2.05) is 25.1 Å². The van der Waals surface area contributed by atoms with Crippen molar-refractivity contribution in [3.05, 3.63) is 88.7 Å². The number of fused-ring (bicyclic) bond motifs is 1. The zero-order valence-electron chi connectivity index (χ0n) is 20.3. The minimum absolute atomic E-state index is 0.127. The molecule has 188 valence electrons. The van der Waals surface area contributed by atoms with Gasteiger partial charge in [0.25, 0.3) is 5.78 Å². The molecule has 1 amide bonds. The number of halogens is 1. The number of aromatic nitrogens is 1. The van der Waals surface area contributed by atoms with Crippen molar-refractivity contribution in [2.75, 3.05) is 19.1 Å². The Morgan fingerprint density at radius 2 is 1.76 bits per heavy atom. The quantitative estimate of drug-likeness (QED) is 0.202. The molecule has 0 aliphatic carbocycles. The number of carbonyl (C=O) groups excluding carboxylic acids is 2. The maximum Gasteiger partial charge on any atom is 0.301 e. The first-order chi connectivity index (χ1) is 17.9. The van der Waals surface area contributed by atoms with Crippen molar-refractivity contribution in [1.29, 1.82) is 0 Å². The minimum Gasteiger partial charge on any atom is -0.507 e. The number of thiazole rings is 1. The molecule has 0 unspecified atom stereocenters. The van der Waals surface area contributed by atoms with E-state index >= 15 is 0 Å². The lowest BCUT2D eigenvalue weighted by Crippen LogP contribution is -2.29. The molecule has 1 atom stereocenters. The summed E-state index contributed by atoms with van der Waals surface area (Å²) in [5.74, 6) is -1.73. The van der Waals surface area contributed by atoms with Crippen LogP contribution >= 0.6 is 11.3 Å². The summed E-state index contributed by atoms with van der Waals surface area (Å²) in [5, 5.41) is 11.5. The van der Waals surface area contributed by atoms with Crippen LogP contribution in [0.3, 0.4) is 0 Å². The molecule has 1 aliphatic heterocycles. The van der Waals surface area contributed by atoms with Crippen LogP contribution in [0.2, 0.25) is 0 Å². The summed E-state index contributed by atoms with van der Waals surface area (Å²) >= 11 is 1.29. The number of nitrogens with zero attached hydrogens (tertiary/aromatic N) is 2. The van der Waals surface area contributed by atoms with Crippen molar-refractivity contribution in [3.8, 4) is 11.5 Å². The Labute approximate surface area is 216 Å². The number of benzene rings is 3. The summed E-state index contributed by atoms with van der Waals surface area (Å²) in [6, 6.07) is 14.9. The summed E-state index contributed by atoms with van der Waals surface area (Å²) in [6.45, 7) is 2.05. The highest BCUT2D eigenvalue weighted by atomic mass is 32.1. The molecule has 2 heterocycles. The van der Waals surface area contributed by atoms with Crippen LogP contribution in [0.5, 0.6) is 11.5 Å². The van der Waals surface area contributed by atoms with Crippen molar-refractivity contribution in [2.24, 2.45) is 0 Å². The summed E-state index contributed by atoms with van der Waals surface area (Å²) < 4.78 is 25.2. The summed E-state index contributed by atoms with van der Waals surface area (Å²) in [4.78, 5) is 32.8. The van der Waals surface area contributed by atoms with Crippen LogP contribution in [0.4, 0.5) is 9.52 Å². The molecule has 4 aromatic rings. The summed E-state index contributed by atoms with van der Waals surface area (Å²) in [6.07, 6.45) is 0.844. The van der Waals surface area contributed by atoms with E-state index in [1.54, 1.807) is 18.2 Å². The second-order valence-corrected chi connectivity index (χ2v) is 9.45. The minimum atomic E-state index is -1.00. The molecular weight excluding hydrogens is 495 g/mol. The molecule has 0 saturated carbocycles. The molecule has 1 N–H and O–H groups in total. The van der Waals surface area contributed by atoms with E-state index < -0.39 is 29.3 Å². The Bertz CT molecular complexity index is 1560. The second kappa shape index (κ2) is 9.67. The molecule has 5 rings (SSSR count). The molecule has 7 nitrogen and oxygen atoms in total. The number of carbonyl (C=O) groups is 2. The van der Waals surface area contributed by atoms with Crippen LogP contribution in [0.1, 0.15) is 29.7 Å². The summed E-state index contributed by atoms with van der Waals surface area (Å²) in [5.41, 5.74) is 2.41. The number of ketones is 1. The number of rotatable bonds is 6. The zero-order valence-corrected chi connectivity index (χ0v) is 21.1. The van der Waals surface area contributed by atoms with Gasteiger partial charge in [-0.3, -0.25) is 14.5 Å². The lowest BCUT2D eigenvalue weighted by molar-refractivity contribution is -0.132. The van der Waals surface area contributed by atoms with E-state index in [-0.39, 0.29) is 11.1 Å². The van der Waals surface area contributed by atoms with Gasteiger partial charge in [0.2, 0.25) is 0 Å². The molecule has 1 aromatic heterocycles. The Kier molecular flexibility index (Phi) is 6.39. The summed E-state index contributed by atoms with van der Waals surface area (Å²) in [7, 11) is 2.99. The van der Waals surface area contributed by atoms with Gasteiger partial charge in [0, 0.05) is 5.56 Å². The highest BCUT2D eigenvalue weighted by Crippen LogP contribution is 2.45. The van der Waals surface area contributed by atoms with Crippen LogP contribution in [-0.4, -0.2) is 36.0 Å². The third kappa shape index (κ3) is 4.21. The van der Waals surface area contributed by atoms with Crippen molar-refractivity contribution < 1.29 is 28.6 Å². The van der Waals surface area contributed by atoms with Crippen LogP contribution < -0.4 is 14.4 Å². The second-order valence-electron chi connectivity index (χ2n) is 8.44. The topological polar surface area (TPSA) is 89.0 Å². The maximum atomic E-state index is 13.5. The maximum absolute atomic E-state index is 13.5. The molecule has 37 heavy (non-hydrogen) atoms. The Morgan fingerprint density at radius 1 is 1.03 bits per heavy atom. The number of aliphatic hydroxyl groups is 1. The van der Waals surface area contributed by atoms with Gasteiger partial charge in [0.05, 0.1) is 36.1 Å². The molecule has 3 aromatic carbocycles. The fourth-order valence-corrected chi connectivity index (χ4v) is 5.47. The van der Waals surface area contributed by atoms with Gasteiger partial charge in [0.15, 0.2) is 16.6 Å². The van der Waals surface area contributed by atoms with Crippen molar-refractivity contribution in [3.63, 3.8) is 0 Å². The molecule has 1 aliphatic rings. The van der Waals surface area contributed by atoms with Gasteiger partial charge in [0.1, 0.15) is 11.6 Å². The van der Waals surface area contributed by atoms with Gasteiger partial charge in [-0.25, -0.2) is 9.37 Å². The van der Waals surface area contributed by atoms with Gasteiger partial charge in [-0.2, -0.15) is 0 Å².